The lowest BCUT2D eigenvalue weighted by Crippen LogP contribution is -2.52. The Hall–Kier alpha value is -2.31. The molecular formula is C19H24N2O4. The van der Waals surface area contributed by atoms with E-state index in [2.05, 4.69) is 4.90 Å². The number of nitrogens with zero attached hydrogens (tertiary/aromatic N) is 2. The van der Waals surface area contributed by atoms with Crippen molar-refractivity contribution in [1.82, 2.24) is 9.80 Å². The van der Waals surface area contributed by atoms with Crippen LogP contribution in [-0.4, -0.2) is 59.6 Å². The third-order valence-electron chi connectivity index (χ3n) is 4.39. The molecule has 25 heavy (non-hydrogen) atoms. The molecule has 1 aliphatic heterocycles. The summed E-state index contributed by atoms with van der Waals surface area (Å²) in [4.78, 5) is 16.5. The number of furan rings is 1. The molecule has 0 unspecified atom stereocenters. The molecule has 2 heterocycles. The van der Waals surface area contributed by atoms with Crippen LogP contribution >= 0.6 is 0 Å². The number of benzene rings is 1. The summed E-state index contributed by atoms with van der Waals surface area (Å²) >= 11 is 0. The fraction of sp³-hybridized carbons (Fsp3) is 0.421. The molecule has 1 saturated heterocycles. The van der Waals surface area contributed by atoms with E-state index in [1.54, 1.807) is 25.3 Å². The summed E-state index contributed by atoms with van der Waals surface area (Å²) in [6.45, 7) is 5.00. The van der Waals surface area contributed by atoms with E-state index in [4.69, 9.17) is 9.15 Å². The molecule has 1 aliphatic rings. The van der Waals surface area contributed by atoms with Crippen LogP contribution in [0.25, 0.3) is 0 Å². The van der Waals surface area contributed by atoms with Crippen molar-refractivity contribution >= 4 is 5.91 Å². The van der Waals surface area contributed by atoms with Crippen molar-refractivity contribution in [3.8, 4) is 5.75 Å². The van der Waals surface area contributed by atoms with Gasteiger partial charge in [-0.2, -0.15) is 0 Å². The van der Waals surface area contributed by atoms with Gasteiger partial charge in [0.15, 0.2) is 6.10 Å². The van der Waals surface area contributed by atoms with Crippen molar-refractivity contribution in [2.45, 2.75) is 19.1 Å². The Bertz CT molecular complexity index is 651. The highest BCUT2D eigenvalue weighted by Crippen LogP contribution is 2.17. The van der Waals surface area contributed by atoms with Crippen LogP contribution in [-0.2, 0) is 4.79 Å². The normalized spacial score (nSPS) is 17.9. The maximum absolute atomic E-state index is 12.5. The molecule has 0 saturated carbocycles. The van der Waals surface area contributed by atoms with Gasteiger partial charge in [-0.05, 0) is 31.2 Å². The zero-order valence-electron chi connectivity index (χ0n) is 14.4. The summed E-state index contributed by atoms with van der Waals surface area (Å²) in [5, 5.41) is 10.2. The minimum atomic E-state index is -0.641. The van der Waals surface area contributed by atoms with E-state index < -0.39 is 12.2 Å². The number of amides is 1. The smallest absolute Gasteiger partial charge is 0.263 e. The Balaban J connectivity index is 1.45. The molecule has 134 valence electrons. The standard InChI is InChI=1S/C19H24N2O4/c1-15(25-16-6-3-2-4-7-16)19(23)21-11-9-20(10-12-21)14-17(22)18-8-5-13-24-18/h2-8,13,15,17,22H,9-12,14H2,1H3/t15-,17-/m0/s1. The molecular weight excluding hydrogens is 320 g/mol. The Morgan fingerprint density at radius 2 is 1.88 bits per heavy atom. The molecule has 2 atom stereocenters. The van der Waals surface area contributed by atoms with E-state index in [0.717, 1.165) is 13.1 Å². The molecule has 0 spiro atoms. The van der Waals surface area contributed by atoms with Crippen molar-refractivity contribution in [2.24, 2.45) is 0 Å². The highest BCUT2D eigenvalue weighted by atomic mass is 16.5. The van der Waals surface area contributed by atoms with E-state index in [9.17, 15) is 9.90 Å². The highest BCUT2D eigenvalue weighted by molar-refractivity contribution is 5.81. The largest absolute Gasteiger partial charge is 0.481 e. The zero-order chi connectivity index (χ0) is 17.6. The van der Waals surface area contributed by atoms with Gasteiger partial charge in [0.1, 0.15) is 17.6 Å². The van der Waals surface area contributed by atoms with Crippen molar-refractivity contribution in [1.29, 1.82) is 0 Å². The van der Waals surface area contributed by atoms with Gasteiger partial charge in [0.25, 0.3) is 5.91 Å². The second-order valence-electron chi connectivity index (χ2n) is 6.23. The Kier molecular flexibility index (Phi) is 5.73. The maximum Gasteiger partial charge on any atom is 0.263 e. The van der Waals surface area contributed by atoms with E-state index in [-0.39, 0.29) is 5.91 Å². The second kappa shape index (κ2) is 8.18. The van der Waals surface area contributed by atoms with Crippen LogP contribution in [0.5, 0.6) is 5.75 Å². The maximum atomic E-state index is 12.5. The molecule has 1 fully saturated rings. The van der Waals surface area contributed by atoms with Crippen LogP contribution in [0.3, 0.4) is 0 Å². The zero-order valence-corrected chi connectivity index (χ0v) is 14.4. The molecule has 1 amide bonds. The average Bonchev–Trinajstić information content (AvgIpc) is 3.17. The van der Waals surface area contributed by atoms with Gasteiger partial charge in [0, 0.05) is 32.7 Å². The van der Waals surface area contributed by atoms with E-state index in [1.165, 1.54) is 0 Å². The third kappa shape index (κ3) is 4.61. The summed E-state index contributed by atoms with van der Waals surface area (Å²) in [5.74, 6) is 1.27. The lowest BCUT2D eigenvalue weighted by Gasteiger charge is -2.36. The number of piperazine rings is 1. The van der Waals surface area contributed by atoms with E-state index in [1.807, 2.05) is 35.2 Å². The molecule has 0 radical (unpaired) electrons. The molecule has 1 aromatic carbocycles. The molecule has 6 heteroatoms. The van der Waals surface area contributed by atoms with Crippen molar-refractivity contribution in [3.63, 3.8) is 0 Å². The van der Waals surface area contributed by atoms with Crippen LogP contribution < -0.4 is 4.74 Å². The van der Waals surface area contributed by atoms with Gasteiger partial charge in [-0.25, -0.2) is 0 Å². The van der Waals surface area contributed by atoms with Gasteiger partial charge in [-0.15, -0.1) is 0 Å². The van der Waals surface area contributed by atoms with E-state index >= 15 is 0 Å². The third-order valence-corrected chi connectivity index (χ3v) is 4.39. The SMILES string of the molecule is C[C@H](Oc1ccccc1)C(=O)N1CCN(C[C@H](O)c2ccco2)CC1. The van der Waals surface area contributed by atoms with Crippen LogP contribution in [0.15, 0.2) is 53.1 Å². The molecule has 3 rings (SSSR count). The Morgan fingerprint density at radius 1 is 1.16 bits per heavy atom. The van der Waals surface area contributed by atoms with Crippen LogP contribution in [0, 0.1) is 0 Å². The first-order valence-corrected chi connectivity index (χ1v) is 8.58. The second-order valence-corrected chi connectivity index (χ2v) is 6.23. The summed E-state index contributed by atoms with van der Waals surface area (Å²) in [7, 11) is 0. The van der Waals surface area contributed by atoms with Crippen molar-refractivity contribution in [3.05, 3.63) is 54.5 Å². The van der Waals surface area contributed by atoms with Gasteiger partial charge < -0.3 is 19.2 Å². The first-order valence-electron chi connectivity index (χ1n) is 8.58. The molecule has 1 N–H and O–H groups in total. The quantitative estimate of drug-likeness (QED) is 0.867. The monoisotopic (exact) mass is 344 g/mol. The number of aliphatic hydroxyl groups excluding tert-OH is 1. The molecule has 0 aliphatic carbocycles. The number of carbonyl (C=O) groups excluding carboxylic acids is 1. The molecule has 6 nitrogen and oxygen atoms in total. The minimum Gasteiger partial charge on any atom is -0.481 e. The van der Waals surface area contributed by atoms with Gasteiger partial charge >= 0.3 is 0 Å². The predicted octanol–water partition coefficient (Wildman–Crippen LogP) is 1.92. The van der Waals surface area contributed by atoms with Crippen molar-refractivity contribution < 1.29 is 19.1 Å². The number of aliphatic hydroxyl groups is 1. The highest BCUT2D eigenvalue weighted by Gasteiger charge is 2.27. The summed E-state index contributed by atoms with van der Waals surface area (Å²) < 4.78 is 10.9. The number of hydrogen-bond acceptors (Lipinski definition) is 5. The minimum absolute atomic E-state index is 0.00455. The first-order chi connectivity index (χ1) is 12.1. The van der Waals surface area contributed by atoms with E-state index in [0.29, 0.717) is 31.1 Å². The summed E-state index contributed by atoms with van der Waals surface area (Å²) in [5.41, 5.74) is 0. The van der Waals surface area contributed by atoms with Gasteiger partial charge in [0.2, 0.25) is 0 Å². The number of ether oxygens (including phenoxy) is 1. The van der Waals surface area contributed by atoms with Crippen molar-refractivity contribution in [2.75, 3.05) is 32.7 Å². The predicted molar refractivity (Wildman–Crippen MR) is 93.2 cm³/mol. The molecule has 2 aromatic rings. The lowest BCUT2D eigenvalue weighted by atomic mass is 10.2. The summed E-state index contributed by atoms with van der Waals surface area (Å²) in [6, 6.07) is 12.9. The lowest BCUT2D eigenvalue weighted by molar-refractivity contribution is -0.139. The van der Waals surface area contributed by atoms with Crippen LogP contribution in [0.4, 0.5) is 0 Å². The van der Waals surface area contributed by atoms with Gasteiger partial charge in [-0.1, -0.05) is 18.2 Å². The van der Waals surface area contributed by atoms with Gasteiger partial charge in [0.05, 0.1) is 6.26 Å². The molecule has 0 bridgehead atoms. The number of para-hydroxylation sites is 1. The topological polar surface area (TPSA) is 66.2 Å². The number of hydrogen-bond donors (Lipinski definition) is 1. The van der Waals surface area contributed by atoms with Gasteiger partial charge in [-0.3, -0.25) is 9.69 Å². The van der Waals surface area contributed by atoms with Crippen LogP contribution in [0.1, 0.15) is 18.8 Å². The number of carbonyl (C=O) groups is 1. The Morgan fingerprint density at radius 3 is 2.52 bits per heavy atom. The summed E-state index contributed by atoms with van der Waals surface area (Å²) in [6.07, 6.45) is 0.406. The molecule has 1 aromatic heterocycles. The number of rotatable bonds is 6. The fourth-order valence-corrected chi connectivity index (χ4v) is 2.98. The first kappa shape index (κ1) is 17.5. The average molecular weight is 344 g/mol. The fourth-order valence-electron chi connectivity index (χ4n) is 2.98. The van der Waals surface area contributed by atoms with Crippen LogP contribution in [0.2, 0.25) is 0 Å². The number of β-amino-alcohol motifs (C(OH)–C–C–N with tert-alkyl or cyclic N) is 1. The Labute approximate surface area is 147 Å².